The van der Waals surface area contributed by atoms with Gasteiger partial charge in [0.25, 0.3) is 0 Å². The first-order chi connectivity index (χ1) is 9.32. The molecule has 2 heterocycles. The van der Waals surface area contributed by atoms with E-state index in [1.165, 1.54) is 0 Å². The minimum atomic E-state index is -0.704. The van der Waals surface area contributed by atoms with Crippen molar-refractivity contribution in [3.05, 3.63) is 15.9 Å². The van der Waals surface area contributed by atoms with E-state index in [2.05, 4.69) is 41.8 Å². The summed E-state index contributed by atoms with van der Waals surface area (Å²) in [6.45, 7) is 6.92. The summed E-state index contributed by atoms with van der Waals surface area (Å²) in [5.74, 6) is 0. The lowest BCUT2D eigenvalue weighted by atomic mass is 9.79. The molecule has 0 bridgehead atoms. The van der Waals surface area contributed by atoms with Gasteiger partial charge in [-0.25, -0.2) is 0 Å². The molecular weight excluding hydrogens is 320 g/mol. The molecule has 5 heteroatoms. The zero-order valence-electron chi connectivity index (χ0n) is 12.9. The molecule has 1 aliphatic heterocycles. The Bertz CT molecular complexity index is 488. The number of hydrogen-bond acceptors (Lipinski definition) is 3. The molecule has 20 heavy (non-hydrogen) atoms. The van der Waals surface area contributed by atoms with E-state index >= 15 is 0 Å². The molecule has 1 aromatic heterocycles. The molecule has 0 saturated carbocycles. The van der Waals surface area contributed by atoms with Crippen molar-refractivity contribution in [2.24, 2.45) is 7.05 Å². The Labute approximate surface area is 129 Å². The van der Waals surface area contributed by atoms with Crippen LogP contribution in [0.15, 0.2) is 4.47 Å². The van der Waals surface area contributed by atoms with E-state index in [-0.39, 0.29) is 5.60 Å². The van der Waals surface area contributed by atoms with Crippen molar-refractivity contribution in [3.8, 4) is 0 Å². The van der Waals surface area contributed by atoms with Gasteiger partial charge in [-0.3, -0.25) is 4.68 Å². The second kappa shape index (κ2) is 5.78. The van der Waals surface area contributed by atoms with Gasteiger partial charge in [0.2, 0.25) is 0 Å². The summed E-state index contributed by atoms with van der Waals surface area (Å²) in [6.07, 6.45) is 3.79. The summed E-state index contributed by atoms with van der Waals surface area (Å²) in [5.41, 5.74) is 1.21. The highest BCUT2D eigenvalue weighted by Crippen LogP contribution is 2.38. The minimum Gasteiger partial charge on any atom is -0.389 e. The van der Waals surface area contributed by atoms with Crippen molar-refractivity contribution in [1.82, 2.24) is 9.78 Å². The van der Waals surface area contributed by atoms with E-state index < -0.39 is 5.60 Å². The number of ether oxygens (including phenoxy) is 1. The summed E-state index contributed by atoms with van der Waals surface area (Å²) in [7, 11) is 1.95. The SMILES string of the molecule is CCc1nn(C)c(CC2(O)CCOC(C)(CC)C2)c1Br. The third-order valence-corrected chi connectivity index (χ3v) is 5.38. The third-order valence-electron chi connectivity index (χ3n) is 4.47. The van der Waals surface area contributed by atoms with Crippen LogP contribution in [-0.4, -0.2) is 32.7 Å². The van der Waals surface area contributed by atoms with Crippen LogP contribution < -0.4 is 0 Å². The molecule has 1 N–H and O–H groups in total. The van der Waals surface area contributed by atoms with Gasteiger partial charge >= 0.3 is 0 Å². The fraction of sp³-hybridized carbons (Fsp3) is 0.800. The zero-order valence-corrected chi connectivity index (χ0v) is 14.5. The largest absolute Gasteiger partial charge is 0.389 e. The van der Waals surface area contributed by atoms with Crippen LogP contribution in [-0.2, 0) is 24.6 Å². The minimum absolute atomic E-state index is 0.217. The Morgan fingerprint density at radius 2 is 2.15 bits per heavy atom. The van der Waals surface area contributed by atoms with Crippen molar-refractivity contribution >= 4 is 15.9 Å². The summed E-state index contributed by atoms with van der Waals surface area (Å²) in [6, 6.07) is 0. The van der Waals surface area contributed by atoms with E-state index in [0.717, 1.165) is 28.7 Å². The first-order valence-corrected chi connectivity index (χ1v) is 8.18. The van der Waals surface area contributed by atoms with Gasteiger partial charge in [-0.15, -0.1) is 0 Å². The molecular formula is C15H25BrN2O2. The van der Waals surface area contributed by atoms with Crippen molar-refractivity contribution < 1.29 is 9.84 Å². The van der Waals surface area contributed by atoms with Gasteiger partial charge in [-0.05, 0) is 42.1 Å². The predicted molar refractivity (Wildman–Crippen MR) is 82.8 cm³/mol. The molecule has 1 fully saturated rings. The quantitative estimate of drug-likeness (QED) is 0.913. The molecule has 2 atom stereocenters. The Hall–Kier alpha value is -0.390. The van der Waals surface area contributed by atoms with Crippen LogP contribution in [0.1, 0.15) is 51.4 Å². The van der Waals surface area contributed by atoms with Crippen LogP contribution in [0.3, 0.4) is 0 Å². The molecule has 0 spiro atoms. The van der Waals surface area contributed by atoms with Crippen LogP contribution in [0, 0.1) is 0 Å². The topological polar surface area (TPSA) is 47.3 Å². The van der Waals surface area contributed by atoms with Crippen LogP contribution in [0.25, 0.3) is 0 Å². The molecule has 4 nitrogen and oxygen atoms in total. The van der Waals surface area contributed by atoms with Gasteiger partial charge in [0, 0.05) is 19.9 Å². The zero-order chi connectivity index (χ0) is 15.0. The first kappa shape index (κ1) is 16.0. The molecule has 2 unspecified atom stereocenters. The average molecular weight is 345 g/mol. The smallest absolute Gasteiger partial charge is 0.0766 e. The highest BCUT2D eigenvalue weighted by atomic mass is 79.9. The van der Waals surface area contributed by atoms with E-state index in [4.69, 9.17) is 4.74 Å². The van der Waals surface area contributed by atoms with Crippen LogP contribution >= 0.6 is 15.9 Å². The number of aliphatic hydroxyl groups is 1. The lowest BCUT2D eigenvalue weighted by Crippen LogP contribution is -2.48. The summed E-state index contributed by atoms with van der Waals surface area (Å²) in [4.78, 5) is 0. The van der Waals surface area contributed by atoms with Crippen molar-refractivity contribution in [2.45, 2.75) is 64.1 Å². The Morgan fingerprint density at radius 3 is 2.70 bits per heavy atom. The van der Waals surface area contributed by atoms with Crippen LogP contribution in [0.2, 0.25) is 0 Å². The van der Waals surface area contributed by atoms with E-state index in [9.17, 15) is 5.11 Å². The summed E-state index contributed by atoms with van der Waals surface area (Å²) >= 11 is 3.63. The number of rotatable bonds is 4. The summed E-state index contributed by atoms with van der Waals surface area (Å²) < 4.78 is 8.77. The maximum absolute atomic E-state index is 11.0. The van der Waals surface area contributed by atoms with Gasteiger partial charge in [0.05, 0.1) is 33.7 Å². The summed E-state index contributed by atoms with van der Waals surface area (Å²) in [5, 5.41) is 15.5. The number of aromatic nitrogens is 2. The maximum atomic E-state index is 11.0. The Balaban J connectivity index is 2.22. The lowest BCUT2D eigenvalue weighted by molar-refractivity contribution is -0.153. The molecule has 0 amide bonds. The number of nitrogens with zero attached hydrogens (tertiary/aromatic N) is 2. The first-order valence-electron chi connectivity index (χ1n) is 7.39. The molecule has 0 aliphatic carbocycles. The van der Waals surface area contributed by atoms with Gasteiger partial charge < -0.3 is 9.84 Å². The lowest BCUT2D eigenvalue weighted by Gasteiger charge is -2.43. The number of hydrogen-bond donors (Lipinski definition) is 1. The molecule has 114 valence electrons. The van der Waals surface area contributed by atoms with E-state index in [1.54, 1.807) is 0 Å². The Morgan fingerprint density at radius 1 is 1.45 bits per heavy atom. The monoisotopic (exact) mass is 344 g/mol. The standard InChI is InChI=1S/C15H25BrN2O2/c1-5-11-13(16)12(18(4)17-11)9-15(19)7-8-20-14(3,6-2)10-15/h19H,5-10H2,1-4H3. The van der Waals surface area contributed by atoms with Crippen LogP contribution in [0.4, 0.5) is 0 Å². The molecule has 1 aliphatic rings. The third kappa shape index (κ3) is 3.10. The highest BCUT2D eigenvalue weighted by Gasteiger charge is 2.42. The second-order valence-corrected chi connectivity index (χ2v) is 6.96. The molecule has 0 radical (unpaired) electrons. The van der Waals surface area contributed by atoms with E-state index in [0.29, 0.717) is 25.9 Å². The normalized spacial score (nSPS) is 30.7. The molecule has 2 rings (SSSR count). The maximum Gasteiger partial charge on any atom is 0.0766 e. The van der Waals surface area contributed by atoms with Crippen LogP contribution in [0.5, 0.6) is 0 Å². The van der Waals surface area contributed by atoms with Gasteiger partial charge in [0.1, 0.15) is 0 Å². The van der Waals surface area contributed by atoms with Crippen molar-refractivity contribution in [3.63, 3.8) is 0 Å². The van der Waals surface area contributed by atoms with Crippen molar-refractivity contribution in [2.75, 3.05) is 6.61 Å². The molecule has 1 aromatic rings. The number of halogens is 1. The fourth-order valence-corrected chi connectivity index (χ4v) is 3.78. The average Bonchev–Trinajstić information content (AvgIpc) is 2.65. The van der Waals surface area contributed by atoms with Crippen molar-refractivity contribution in [1.29, 1.82) is 0 Å². The van der Waals surface area contributed by atoms with Gasteiger partial charge in [-0.2, -0.15) is 5.10 Å². The second-order valence-electron chi connectivity index (χ2n) is 6.16. The van der Waals surface area contributed by atoms with Gasteiger partial charge in [0.15, 0.2) is 0 Å². The van der Waals surface area contributed by atoms with E-state index in [1.807, 2.05) is 11.7 Å². The Kier molecular flexibility index (Phi) is 4.62. The number of aryl methyl sites for hydroxylation is 2. The van der Waals surface area contributed by atoms with Gasteiger partial charge in [-0.1, -0.05) is 13.8 Å². The molecule has 1 saturated heterocycles. The highest BCUT2D eigenvalue weighted by molar-refractivity contribution is 9.10. The molecule has 0 aromatic carbocycles. The fourth-order valence-electron chi connectivity index (χ4n) is 3.02. The predicted octanol–water partition coefficient (Wildman–Crippen LogP) is 3.00.